The van der Waals surface area contributed by atoms with Crippen LogP contribution in [-0.2, 0) is 0 Å². The smallest absolute Gasteiger partial charge is 0.323 e. The Morgan fingerprint density at radius 1 is 1.29 bits per heavy atom. The van der Waals surface area contributed by atoms with Crippen molar-refractivity contribution >= 4 is 17.4 Å². The first-order valence-corrected chi connectivity index (χ1v) is 7.77. The number of hydrogen-bond acceptors (Lipinski definition) is 4. The van der Waals surface area contributed by atoms with Crippen molar-refractivity contribution in [3.8, 4) is 5.82 Å². The average molecular weight is 303 g/mol. The molecule has 1 saturated heterocycles. The molecule has 0 aliphatic carbocycles. The number of likely N-dealkylation sites (tertiary alicyclic amines) is 1. The van der Waals surface area contributed by atoms with Crippen molar-refractivity contribution in [2.45, 2.75) is 26.7 Å². The minimum atomic E-state index is -0.163. The number of hydrogen-bond donors (Lipinski definition) is 0. The Bertz CT molecular complexity index is 727. The van der Waals surface area contributed by atoms with Gasteiger partial charge in [0, 0.05) is 30.4 Å². The van der Waals surface area contributed by atoms with Crippen LogP contribution in [0.4, 0.5) is 4.79 Å². The second-order valence-corrected chi connectivity index (χ2v) is 6.31. The lowest BCUT2D eigenvalue weighted by molar-refractivity contribution is 0.218. The van der Waals surface area contributed by atoms with Crippen molar-refractivity contribution in [2.24, 2.45) is 4.99 Å². The maximum atomic E-state index is 12.2. The summed E-state index contributed by atoms with van der Waals surface area (Å²) in [7, 11) is 0. The van der Waals surface area contributed by atoms with Crippen molar-refractivity contribution in [3.05, 3.63) is 34.0 Å². The monoisotopic (exact) mass is 303 g/mol. The van der Waals surface area contributed by atoms with Crippen LogP contribution in [0.2, 0.25) is 0 Å². The van der Waals surface area contributed by atoms with E-state index < -0.39 is 0 Å². The molecule has 0 aromatic carbocycles. The number of thiazole rings is 1. The molecule has 0 saturated carbocycles. The zero-order chi connectivity index (χ0) is 14.8. The second kappa shape index (κ2) is 5.77. The van der Waals surface area contributed by atoms with Crippen LogP contribution >= 0.6 is 11.3 Å². The Morgan fingerprint density at radius 2 is 2.05 bits per heavy atom. The molecule has 7 heteroatoms. The standard InChI is InChI=1S/C14H17N5OS/c1-10-7-15-8-12(16-10)19-9-11(2)21-14(19)17-13(20)18-5-3-4-6-18/h7-9H,3-6H2,1-2H3/b17-14-. The van der Waals surface area contributed by atoms with Gasteiger partial charge >= 0.3 is 6.03 Å². The quantitative estimate of drug-likeness (QED) is 0.810. The van der Waals surface area contributed by atoms with Crippen molar-refractivity contribution in [2.75, 3.05) is 13.1 Å². The summed E-state index contributed by atoms with van der Waals surface area (Å²) in [5.41, 5.74) is 0.834. The maximum Gasteiger partial charge on any atom is 0.346 e. The van der Waals surface area contributed by atoms with Crippen molar-refractivity contribution in [3.63, 3.8) is 0 Å². The highest BCUT2D eigenvalue weighted by atomic mass is 32.1. The van der Waals surface area contributed by atoms with E-state index in [9.17, 15) is 4.79 Å². The molecule has 1 fully saturated rings. The normalized spacial score (nSPS) is 15.7. The lowest BCUT2D eigenvalue weighted by Crippen LogP contribution is -2.27. The predicted octanol–water partition coefficient (Wildman–Crippen LogP) is 2.06. The predicted molar refractivity (Wildman–Crippen MR) is 80.5 cm³/mol. The van der Waals surface area contributed by atoms with Crippen LogP contribution in [0.1, 0.15) is 23.4 Å². The molecule has 3 heterocycles. The van der Waals surface area contributed by atoms with Gasteiger partial charge < -0.3 is 4.90 Å². The SMILES string of the molecule is Cc1cncc(-n2cc(C)s/c2=N\C(=O)N2CCCC2)n1. The molecule has 2 amide bonds. The molecule has 2 aromatic heterocycles. The molecule has 110 valence electrons. The lowest BCUT2D eigenvalue weighted by Gasteiger charge is -2.10. The van der Waals surface area contributed by atoms with Gasteiger partial charge in [-0.25, -0.2) is 9.78 Å². The Morgan fingerprint density at radius 3 is 2.76 bits per heavy atom. The number of carbonyl (C=O) groups excluding carboxylic acids is 1. The van der Waals surface area contributed by atoms with E-state index in [1.165, 1.54) is 11.3 Å². The fourth-order valence-electron chi connectivity index (χ4n) is 2.32. The van der Waals surface area contributed by atoms with Gasteiger partial charge in [-0.3, -0.25) is 9.55 Å². The molecule has 0 spiro atoms. The minimum Gasteiger partial charge on any atom is -0.323 e. The molecule has 2 aromatic rings. The number of nitrogens with zero attached hydrogens (tertiary/aromatic N) is 5. The van der Waals surface area contributed by atoms with Crippen LogP contribution in [0.15, 0.2) is 23.6 Å². The van der Waals surface area contributed by atoms with Gasteiger partial charge in [0.25, 0.3) is 0 Å². The summed E-state index contributed by atoms with van der Waals surface area (Å²) < 4.78 is 1.83. The van der Waals surface area contributed by atoms with Gasteiger partial charge in [-0.1, -0.05) is 0 Å². The van der Waals surface area contributed by atoms with E-state index in [1.54, 1.807) is 17.3 Å². The molecule has 0 atom stereocenters. The van der Waals surface area contributed by atoms with E-state index in [4.69, 9.17) is 0 Å². The number of aromatic nitrogens is 3. The third kappa shape index (κ3) is 3.02. The maximum absolute atomic E-state index is 12.2. The van der Waals surface area contributed by atoms with Gasteiger partial charge in [0.1, 0.15) is 0 Å². The first kappa shape index (κ1) is 13.9. The molecule has 21 heavy (non-hydrogen) atoms. The number of urea groups is 1. The lowest BCUT2D eigenvalue weighted by atomic mass is 10.4. The van der Waals surface area contributed by atoms with E-state index >= 15 is 0 Å². The second-order valence-electron chi connectivity index (χ2n) is 5.10. The van der Waals surface area contributed by atoms with Crippen LogP contribution < -0.4 is 4.80 Å². The third-order valence-electron chi connectivity index (χ3n) is 3.33. The average Bonchev–Trinajstić information content (AvgIpc) is 3.08. The summed E-state index contributed by atoms with van der Waals surface area (Å²) in [5.74, 6) is 0.687. The van der Waals surface area contributed by atoms with Gasteiger partial charge in [-0.15, -0.1) is 11.3 Å². The highest BCUT2D eigenvalue weighted by Crippen LogP contribution is 2.10. The van der Waals surface area contributed by atoms with Crippen molar-refractivity contribution in [1.82, 2.24) is 19.4 Å². The summed E-state index contributed by atoms with van der Waals surface area (Å²) in [6.45, 7) is 5.49. The molecule has 6 nitrogen and oxygen atoms in total. The number of amides is 2. The zero-order valence-corrected chi connectivity index (χ0v) is 12.9. The molecule has 1 aliphatic heterocycles. The highest BCUT2D eigenvalue weighted by Gasteiger charge is 2.17. The van der Waals surface area contributed by atoms with Crippen LogP contribution in [0.3, 0.4) is 0 Å². The molecule has 0 bridgehead atoms. The topological polar surface area (TPSA) is 63.4 Å². The van der Waals surface area contributed by atoms with E-state index in [1.807, 2.05) is 24.6 Å². The Balaban J connectivity index is 2.01. The fourth-order valence-corrected chi connectivity index (χ4v) is 3.14. The van der Waals surface area contributed by atoms with Crippen molar-refractivity contribution < 1.29 is 4.79 Å². The molecule has 0 N–H and O–H groups in total. The van der Waals surface area contributed by atoms with Gasteiger partial charge in [0.05, 0.1) is 11.9 Å². The van der Waals surface area contributed by atoms with Crippen LogP contribution in [-0.4, -0.2) is 38.6 Å². The molecular formula is C14H17N5OS. The van der Waals surface area contributed by atoms with Gasteiger partial charge in [-0.2, -0.15) is 4.99 Å². The van der Waals surface area contributed by atoms with E-state index in [0.29, 0.717) is 10.6 Å². The van der Waals surface area contributed by atoms with Crippen molar-refractivity contribution in [1.29, 1.82) is 0 Å². The zero-order valence-electron chi connectivity index (χ0n) is 12.1. The molecule has 3 rings (SSSR count). The minimum absolute atomic E-state index is 0.163. The molecule has 0 radical (unpaired) electrons. The number of aryl methyl sites for hydroxylation is 2. The van der Waals surface area contributed by atoms with Crippen LogP contribution in [0, 0.1) is 13.8 Å². The Hall–Kier alpha value is -2.02. The summed E-state index contributed by atoms with van der Waals surface area (Å²) >= 11 is 1.48. The van der Waals surface area contributed by atoms with Gasteiger partial charge in [0.2, 0.25) is 4.80 Å². The molecule has 1 aliphatic rings. The number of rotatable bonds is 1. The molecular weight excluding hydrogens is 286 g/mol. The highest BCUT2D eigenvalue weighted by molar-refractivity contribution is 7.09. The Kier molecular flexibility index (Phi) is 3.83. The first-order chi connectivity index (χ1) is 10.1. The van der Waals surface area contributed by atoms with Gasteiger partial charge in [-0.05, 0) is 26.7 Å². The summed E-state index contributed by atoms with van der Waals surface area (Å²) in [6, 6.07) is -0.163. The summed E-state index contributed by atoms with van der Waals surface area (Å²) in [5, 5.41) is 0. The summed E-state index contributed by atoms with van der Waals surface area (Å²) in [6.07, 6.45) is 7.44. The Labute approximate surface area is 126 Å². The van der Waals surface area contributed by atoms with Crippen LogP contribution in [0.25, 0.3) is 5.82 Å². The van der Waals surface area contributed by atoms with E-state index in [2.05, 4.69) is 15.0 Å². The van der Waals surface area contributed by atoms with Crippen LogP contribution in [0.5, 0.6) is 0 Å². The fraction of sp³-hybridized carbons (Fsp3) is 0.429. The van der Waals surface area contributed by atoms with E-state index in [0.717, 1.165) is 36.5 Å². The number of carbonyl (C=O) groups is 1. The third-order valence-corrected chi connectivity index (χ3v) is 4.22. The molecule has 0 unspecified atom stereocenters. The van der Waals surface area contributed by atoms with E-state index in [-0.39, 0.29) is 6.03 Å². The van der Waals surface area contributed by atoms with Gasteiger partial charge in [0.15, 0.2) is 5.82 Å². The largest absolute Gasteiger partial charge is 0.346 e. The summed E-state index contributed by atoms with van der Waals surface area (Å²) in [4.78, 5) is 28.6. The first-order valence-electron chi connectivity index (χ1n) is 6.95.